The zero-order valence-electron chi connectivity index (χ0n) is 31.6. The van der Waals surface area contributed by atoms with E-state index in [1.165, 1.54) is 51.4 Å². The molecule has 0 aliphatic carbocycles. The predicted molar refractivity (Wildman–Crippen MR) is 198 cm³/mol. The van der Waals surface area contributed by atoms with Gasteiger partial charge in [-0.1, -0.05) is 127 Å². The quantitative estimate of drug-likeness (QED) is 0.0239. The number of unbranched alkanes of at least 4 members (excludes halogenated alkanes) is 10. The average molecular weight is 693 g/mol. The van der Waals surface area contributed by atoms with Crippen molar-refractivity contribution in [2.75, 3.05) is 47.5 Å². The molecule has 0 aliphatic rings. The van der Waals surface area contributed by atoms with Crippen LogP contribution in [0.2, 0.25) is 0 Å². The monoisotopic (exact) mass is 693 g/mol. The van der Waals surface area contributed by atoms with Gasteiger partial charge in [0.05, 0.1) is 34.4 Å². The number of nitrogens with zero attached hydrogens (tertiary/aromatic N) is 1. The lowest BCUT2D eigenvalue weighted by molar-refractivity contribution is -0.870. The number of ether oxygens (including phenoxy) is 4. The lowest BCUT2D eigenvalue weighted by Gasteiger charge is -2.25. The third-order valence-corrected chi connectivity index (χ3v) is 7.61. The summed E-state index contributed by atoms with van der Waals surface area (Å²) in [5.41, 5.74) is 0. The number of carboxylic acids is 1. The Kier molecular flexibility index (Phi) is 30.6. The van der Waals surface area contributed by atoms with E-state index in [1.807, 2.05) is 33.3 Å². The number of allylic oxidation sites excluding steroid dienone is 8. The summed E-state index contributed by atoms with van der Waals surface area (Å²) < 4.78 is 22.5. The van der Waals surface area contributed by atoms with E-state index in [2.05, 4.69) is 50.3 Å². The summed E-state index contributed by atoms with van der Waals surface area (Å²) in [7, 11) is 5.91. The minimum atomic E-state index is -1.52. The normalized spacial score (nSPS) is 13.6. The molecule has 0 aromatic rings. The first-order valence-electron chi connectivity index (χ1n) is 18.8. The summed E-state index contributed by atoms with van der Waals surface area (Å²) in [6.45, 7) is 4.62. The van der Waals surface area contributed by atoms with Crippen LogP contribution in [0, 0.1) is 0 Å². The highest BCUT2D eigenvalue weighted by atomic mass is 16.7. The lowest BCUT2D eigenvalue weighted by atomic mass is 10.1. The molecule has 0 saturated heterocycles. The van der Waals surface area contributed by atoms with Crippen molar-refractivity contribution < 1.29 is 42.9 Å². The van der Waals surface area contributed by atoms with E-state index in [0.717, 1.165) is 44.9 Å². The number of rotatable bonds is 33. The number of hydrogen-bond acceptors (Lipinski definition) is 7. The van der Waals surface area contributed by atoms with Gasteiger partial charge in [0, 0.05) is 12.8 Å². The molecule has 0 aromatic carbocycles. The van der Waals surface area contributed by atoms with Crippen LogP contribution >= 0.6 is 0 Å². The molecule has 0 amide bonds. The third kappa shape index (κ3) is 33.5. The fraction of sp³-hybridized carbons (Fsp3) is 0.725. The van der Waals surface area contributed by atoms with Crippen LogP contribution in [0.15, 0.2) is 48.6 Å². The van der Waals surface area contributed by atoms with Crippen molar-refractivity contribution in [2.24, 2.45) is 0 Å². The second kappa shape index (κ2) is 32.5. The maximum atomic E-state index is 12.6. The van der Waals surface area contributed by atoms with E-state index >= 15 is 0 Å². The molecule has 0 fully saturated rings. The molecule has 49 heavy (non-hydrogen) atoms. The first kappa shape index (κ1) is 46.2. The van der Waals surface area contributed by atoms with E-state index < -0.39 is 24.3 Å². The van der Waals surface area contributed by atoms with E-state index in [-0.39, 0.29) is 38.6 Å². The first-order valence-corrected chi connectivity index (χ1v) is 18.8. The summed E-state index contributed by atoms with van der Waals surface area (Å²) in [6.07, 6.45) is 31.9. The molecule has 0 bridgehead atoms. The molecular weight excluding hydrogens is 622 g/mol. The standard InChI is InChI=1S/C40H69NO8/c1-6-8-10-12-14-16-18-19-21-23-25-27-29-31-38(43)49-36(35-48-40(39(44)45)46-33-32-41(3,4)5)34-47-37(42)30-28-26-24-22-20-17-15-13-11-9-7-2/h8,10,14,16,19,21,25,27,36,40H,6-7,9,11-13,15,17-18,20,22-24,26,28-35H2,1-5H3/p+1/b10-8-,16-14-,21-19-,27-25-. The Morgan fingerprint density at radius 1 is 0.633 bits per heavy atom. The van der Waals surface area contributed by atoms with Crippen LogP contribution in [-0.4, -0.2) is 87.4 Å². The van der Waals surface area contributed by atoms with E-state index in [4.69, 9.17) is 18.9 Å². The minimum absolute atomic E-state index is 0.139. The van der Waals surface area contributed by atoms with Crippen molar-refractivity contribution in [3.8, 4) is 0 Å². The largest absolute Gasteiger partial charge is 0.477 e. The van der Waals surface area contributed by atoms with Gasteiger partial charge in [0.2, 0.25) is 0 Å². The molecule has 0 aromatic heterocycles. The van der Waals surface area contributed by atoms with Crippen molar-refractivity contribution in [3.63, 3.8) is 0 Å². The molecule has 282 valence electrons. The maximum Gasteiger partial charge on any atom is 0.361 e. The van der Waals surface area contributed by atoms with Gasteiger partial charge in [-0.05, 0) is 38.5 Å². The molecular formula is C40H70NO8+. The summed E-state index contributed by atoms with van der Waals surface area (Å²) in [5, 5.41) is 9.57. The maximum absolute atomic E-state index is 12.6. The number of carbonyl (C=O) groups is 3. The van der Waals surface area contributed by atoms with Crippen LogP contribution in [0.5, 0.6) is 0 Å². The Bertz CT molecular complexity index is 950. The summed E-state index contributed by atoms with van der Waals surface area (Å²) in [4.78, 5) is 36.8. The van der Waals surface area contributed by atoms with Gasteiger partial charge in [-0.25, -0.2) is 4.79 Å². The van der Waals surface area contributed by atoms with Crippen LogP contribution in [0.3, 0.4) is 0 Å². The molecule has 2 unspecified atom stereocenters. The Balaban J connectivity index is 4.68. The fourth-order valence-corrected chi connectivity index (χ4v) is 4.67. The van der Waals surface area contributed by atoms with Gasteiger partial charge >= 0.3 is 17.9 Å². The van der Waals surface area contributed by atoms with Gasteiger partial charge in [0.25, 0.3) is 6.29 Å². The van der Waals surface area contributed by atoms with Gasteiger partial charge in [-0.3, -0.25) is 9.59 Å². The molecule has 0 aliphatic heterocycles. The van der Waals surface area contributed by atoms with E-state index in [9.17, 15) is 19.5 Å². The van der Waals surface area contributed by atoms with Crippen molar-refractivity contribution in [2.45, 2.75) is 142 Å². The molecule has 9 nitrogen and oxygen atoms in total. The topological polar surface area (TPSA) is 108 Å². The lowest BCUT2D eigenvalue weighted by Crippen LogP contribution is -2.40. The van der Waals surface area contributed by atoms with Gasteiger partial charge in [0.15, 0.2) is 6.10 Å². The Morgan fingerprint density at radius 2 is 1.16 bits per heavy atom. The first-order chi connectivity index (χ1) is 23.6. The van der Waals surface area contributed by atoms with Gasteiger partial charge in [0.1, 0.15) is 13.2 Å². The Hall–Kier alpha value is -2.75. The number of esters is 2. The molecule has 2 atom stereocenters. The zero-order chi connectivity index (χ0) is 36.4. The summed E-state index contributed by atoms with van der Waals surface area (Å²) in [6, 6.07) is 0. The molecule has 0 radical (unpaired) electrons. The molecule has 1 N–H and O–H groups in total. The highest BCUT2D eigenvalue weighted by Gasteiger charge is 2.25. The highest BCUT2D eigenvalue weighted by molar-refractivity contribution is 5.71. The summed E-state index contributed by atoms with van der Waals surface area (Å²) >= 11 is 0. The summed E-state index contributed by atoms with van der Waals surface area (Å²) in [5.74, 6) is -2.12. The second-order valence-electron chi connectivity index (χ2n) is 13.5. The Labute approximate surface area is 298 Å². The molecule has 9 heteroatoms. The van der Waals surface area contributed by atoms with Crippen LogP contribution in [0.4, 0.5) is 0 Å². The van der Waals surface area contributed by atoms with Crippen molar-refractivity contribution >= 4 is 17.9 Å². The van der Waals surface area contributed by atoms with Crippen molar-refractivity contribution in [1.29, 1.82) is 0 Å². The van der Waals surface area contributed by atoms with E-state index in [0.29, 0.717) is 17.4 Å². The molecule has 0 spiro atoms. The van der Waals surface area contributed by atoms with Crippen molar-refractivity contribution in [3.05, 3.63) is 48.6 Å². The Morgan fingerprint density at radius 3 is 1.69 bits per heavy atom. The number of hydrogen-bond donors (Lipinski definition) is 1. The third-order valence-electron chi connectivity index (χ3n) is 7.61. The van der Waals surface area contributed by atoms with Crippen molar-refractivity contribution in [1.82, 2.24) is 0 Å². The minimum Gasteiger partial charge on any atom is -0.477 e. The number of quaternary nitrogens is 1. The zero-order valence-corrected chi connectivity index (χ0v) is 31.6. The number of likely N-dealkylation sites (N-methyl/N-ethyl adjacent to an activating group) is 1. The molecule has 0 saturated carbocycles. The number of carboxylic acid groups (broad SMARTS) is 1. The second-order valence-corrected chi connectivity index (χ2v) is 13.5. The van der Waals surface area contributed by atoms with E-state index in [1.54, 1.807) is 0 Å². The number of aliphatic carboxylic acids is 1. The van der Waals surface area contributed by atoms with Crippen LogP contribution < -0.4 is 0 Å². The van der Waals surface area contributed by atoms with Gasteiger partial charge < -0.3 is 28.5 Å². The van der Waals surface area contributed by atoms with Crippen LogP contribution in [0.25, 0.3) is 0 Å². The number of carbonyl (C=O) groups excluding carboxylic acids is 2. The predicted octanol–water partition coefficient (Wildman–Crippen LogP) is 8.88. The SMILES string of the molecule is CC/C=C\C/C=C\C/C=C\C/C=C\CCC(=O)OC(COC(=O)CCCCCCCCCCCCC)COC(OCC[N+](C)(C)C)C(=O)O. The molecule has 0 heterocycles. The van der Waals surface area contributed by atoms with Gasteiger partial charge in [-0.2, -0.15) is 0 Å². The average Bonchev–Trinajstić information content (AvgIpc) is 3.05. The highest BCUT2D eigenvalue weighted by Crippen LogP contribution is 2.13. The van der Waals surface area contributed by atoms with Gasteiger partial charge in [-0.15, -0.1) is 0 Å². The van der Waals surface area contributed by atoms with Crippen LogP contribution in [-0.2, 0) is 33.3 Å². The molecule has 0 rings (SSSR count). The van der Waals surface area contributed by atoms with Crippen LogP contribution in [0.1, 0.15) is 129 Å². The smallest absolute Gasteiger partial charge is 0.361 e. The fourth-order valence-electron chi connectivity index (χ4n) is 4.67.